The number of aromatic nitrogens is 1. The molecular formula is C31H21ClN2O7S. The van der Waals surface area contributed by atoms with Crippen molar-refractivity contribution in [3.63, 3.8) is 0 Å². The molecule has 9 nitrogen and oxygen atoms in total. The Balaban J connectivity index is 1.59. The van der Waals surface area contributed by atoms with Gasteiger partial charge in [-0.3, -0.25) is 9.78 Å². The Morgan fingerprint density at radius 2 is 1.62 bits per heavy atom. The lowest BCUT2D eigenvalue weighted by Gasteiger charge is -2.29. The number of hydrogen-bond donors (Lipinski definition) is 0. The molecule has 1 aliphatic rings. The maximum absolute atomic E-state index is 14.7. The van der Waals surface area contributed by atoms with Crippen LogP contribution in [0.1, 0.15) is 11.1 Å². The van der Waals surface area contributed by atoms with Crippen LogP contribution < -0.4 is 13.8 Å². The average molecular weight is 601 g/mol. The molecular weight excluding hydrogens is 580 g/mol. The highest BCUT2D eigenvalue weighted by atomic mass is 35.5. The van der Waals surface area contributed by atoms with Crippen LogP contribution in [0.25, 0.3) is 10.9 Å². The van der Waals surface area contributed by atoms with Crippen molar-refractivity contribution in [1.82, 2.24) is 4.98 Å². The average Bonchev–Trinajstić information content (AvgIpc) is 3.24. The highest BCUT2D eigenvalue weighted by Gasteiger charge is 2.61. The molecule has 0 saturated carbocycles. The Bertz CT molecular complexity index is 1960. The zero-order valence-corrected chi connectivity index (χ0v) is 23.5. The molecule has 1 unspecified atom stereocenters. The zero-order chi connectivity index (χ0) is 29.5. The quantitative estimate of drug-likeness (QED) is 0.170. The molecule has 210 valence electrons. The highest BCUT2D eigenvalue weighted by molar-refractivity contribution is 7.93. The number of methoxy groups -OCH3 is 1. The molecule has 42 heavy (non-hydrogen) atoms. The molecule has 1 aromatic heterocycles. The van der Waals surface area contributed by atoms with E-state index in [0.29, 0.717) is 9.69 Å². The third kappa shape index (κ3) is 4.32. The number of fused-ring (bicyclic) bond motifs is 2. The number of anilines is 1. The first-order valence-electron chi connectivity index (χ1n) is 12.6. The molecule has 0 radical (unpaired) electrons. The molecule has 0 fully saturated rings. The predicted octanol–water partition coefficient (Wildman–Crippen LogP) is 6.09. The number of rotatable bonds is 6. The zero-order valence-electron chi connectivity index (χ0n) is 21.9. The minimum absolute atomic E-state index is 0.00582. The molecule has 11 heteroatoms. The number of benzene rings is 4. The molecule has 5 aromatic rings. The first kappa shape index (κ1) is 27.3. The summed E-state index contributed by atoms with van der Waals surface area (Å²) in [5.41, 5.74) is -2.17. The van der Waals surface area contributed by atoms with Gasteiger partial charge in [0.15, 0.2) is 0 Å². The molecule has 0 saturated heterocycles. The van der Waals surface area contributed by atoms with Gasteiger partial charge in [-0.1, -0.05) is 66.2 Å². The molecule has 0 aliphatic carbocycles. The van der Waals surface area contributed by atoms with Crippen LogP contribution >= 0.6 is 11.6 Å². The summed E-state index contributed by atoms with van der Waals surface area (Å²) in [6.45, 7) is 0. The number of carbonyl (C=O) groups excluding carboxylic acids is 2. The SMILES string of the molecule is COc1ccccc1C1(OC(=O)Oc2ccccc2)C(=O)N(S(=O)(=O)c2cccc3cccnc23)c2ccc(Cl)cc21. The van der Waals surface area contributed by atoms with Crippen molar-refractivity contribution in [2.75, 3.05) is 11.4 Å². The lowest BCUT2D eigenvalue weighted by molar-refractivity contribution is -0.132. The van der Waals surface area contributed by atoms with Crippen LogP contribution in [0.15, 0.2) is 114 Å². The fourth-order valence-corrected chi connectivity index (χ4v) is 6.84. The van der Waals surface area contributed by atoms with E-state index < -0.39 is 27.7 Å². The number of para-hydroxylation sites is 3. The lowest BCUT2D eigenvalue weighted by atomic mass is 9.86. The van der Waals surface area contributed by atoms with Gasteiger partial charge >= 0.3 is 6.16 Å². The Hall–Kier alpha value is -4.93. The largest absolute Gasteiger partial charge is 0.515 e. The number of nitrogens with zero attached hydrogens (tertiary/aromatic N) is 2. The van der Waals surface area contributed by atoms with Gasteiger partial charge in [0.25, 0.3) is 21.5 Å². The van der Waals surface area contributed by atoms with Gasteiger partial charge in [0.2, 0.25) is 0 Å². The second kappa shape index (κ2) is 10.5. The first-order chi connectivity index (χ1) is 20.3. The van der Waals surface area contributed by atoms with E-state index in [9.17, 15) is 18.0 Å². The minimum Gasteiger partial charge on any atom is -0.496 e. The lowest BCUT2D eigenvalue weighted by Crippen LogP contribution is -2.47. The van der Waals surface area contributed by atoms with E-state index in [0.717, 1.165) is 0 Å². The minimum atomic E-state index is -4.63. The molecule has 1 amide bonds. The molecule has 1 atom stereocenters. The van der Waals surface area contributed by atoms with E-state index in [1.807, 2.05) is 0 Å². The Morgan fingerprint density at radius 3 is 2.40 bits per heavy atom. The third-order valence-electron chi connectivity index (χ3n) is 6.82. The summed E-state index contributed by atoms with van der Waals surface area (Å²) in [4.78, 5) is 32.1. The maximum atomic E-state index is 14.7. The second-order valence-corrected chi connectivity index (χ2v) is 11.4. The number of sulfonamides is 1. The summed E-state index contributed by atoms with van der Waals surface area (Å²) in [5.74, 6) is -0.779. The number of hydrogen-bond acceptors (Lipinski definition) is 8. The van der Waals surface area contributed by atoms with Crippen molar-refractivity contribution in [1.29, 1.82) is 0 Å². The van der Waals surface area contributed by atoms with E-state index in [2.05, 4.69) is 4.98 Å². The highest BCUT2D eigenvalue weighted by Crippen LogP contribution is 2.52. The van der Waals surface area contributed by atoms with E-state index in [4.69, 9.17) is 25.8 Å². The number of pyridine rings is 1. The van der Waals surface area contributed by atoms with Crippen LogP contribution in [0.5, 0.6) is 11.5 Å². The Kier molecular flexibility index (Phi) is 6.80. The van der Waals surface area contributed by atoms with E-state index in [1.165, 1.54) is 55.8 Å². The number of ether oxygens (including phenoxy) is 3. The van der Waals surface area contributed by atoms with Crippen LogP contribution in [0.3, 0.4) is 0 Å². The normalized spacial score (nSPS) is 16.2. The van der Waals surface area contributed by atoms with E-state index >= 15 is 0 Å². The summed E-state index contributed by atoms with van der Waals surface area (Å²) in [5, 5.41) is 0.729. The van der Waals surface area contributed by atoms with Crippen molar-refractivity contribution < 1.29 is 32.2 Å². The van der Waals surface area contributed by atoms with Crippen molar-refractivity contribution in [2.45, 2.75) is 10.5 Å². The van der Waals surface area contributed by atoms with Gasteiger partial charge in [0.1, 0.15) is 16.4 Å². The number of carbonyl (C=O) groups is 2. The van der Waals surface area contributed by atoms with Crippen molar-refractivity contribution >= 4 is 50.3 Å². The fraction of sp³-hybridized carbons (Fsp3) is 0.0645. The smallest absolute Gasteiger partial charge is 0.496 e. The molecule has 6 rings (SSSR count). The van der Waals surface area contributed by atoms with E-state index in [-0.39, 0.29) is 43.7 Å². The van der Waals surface area contributed by atoms with Crippen molar-refractivity contribution in [3.05, 3.63) is 125 Å². The van der Waals surface area contributed by atoms with Crippen LogP contribution in [0.2, 0.25) is 5.02 Å². The number of amides is 1. The molecule has 0 spiro atoms. The second-order valence-electron chi connectivity index (χ2n) is 9.22. The van der Waals surface area contributed by atoms with Gasteiger partial charge in [0, 0.05) is 22.2 Å². The van der Waals surface area contributed by atoms with Gasteiger partial charge in [-0.15, -0.1) is 0 Å². The van der Waals surface area contributed by atoms with Crippen molar-refractivity contribution in [3.8, 4) is 11.5 Å². The van der Waals surface area contributed by atoms with E-state index in [1.54, 1.807) is 60.7 Å². The monoisotopic (exact) mass is 600 g/mol. The third-order valence-corrected chi connectivity index (χ3v) is 8.79. The van der Waals surface area contributed by atoms with Gasteiger partial charge in [-0.2, -0.15) is 4.31 Å². The van der Waals surface area contributed by atoms with Crippen LogP contribution in [0.4, 0.5) is 10.5 Å². The molecule has 1 aliphatic heterocycles. The molecule has 4 aromatic carbocycles. The van der Waals surface area contributed by atoms with Gasteiger partial charge in [-0.05, 0) is 48.5 Å². The fourth-order valence-electron chi connectivity index (χ4n) is 5.04. The van der Waals surface area contributed by atoms with Crippen LogP contribution in [-0.4, -0.2) is 32.6 Å². The first-order valence-corrected chi connectivity index (χ1v) is 14.4. The standard InChI is InChI=1S/C31H21ClN2O7S/c1-39-26-14-6-5-13-23(26)31(41-30(36)40-22-11-3-2-4-12-22)24-19-21(32)16-17-25(24)34(29(31)35)42(37,38)27-15-7-9-20-10-8-18-33-28(20)27/h2-19H,1H3. The summed E-state index contributed by atoms with van der Waals surface area (Å²) < 4.78 is 46.2. The summed E-state index contributed by atoms with van der Waals surface area (Å²) in [7, 11) is -3.25. The molecule has 2 heterocycles. The van der Waals surface area contributed by atoms with Gasteiger partial charge in [0.05, 0.1) is 23.9 Å². The maximum Gasteiger partial charge on any atom is 0.515 e. The van der Waals surface area contributed by atoms with Gasteiger partial charge in [-0.25, -0.2) is 13.2 Å². The summed E-state index contributed by atoms with van der Waals surface area (Å²) >= 11 is 6.39. The van der Waals surface area contributed by atoms with Crippen molar-refractivity contribution in [2.24, 2.45) is 0 Å². The topological polar surface area (TPSA) is 112 Å². The Morgan fingerprint density at radius 1 is 0.881 bits per heavy atom. The molecule has 0 bridgehead atoms. The van der Waals surface area contributed by atoms with Gasteiger partial charge < -0.3 is 14.2 Å². The van der Waals surface area contributed by atoms with Crippen LogP contribution in [-0.2, 0) is 25.2 Å². The Labute approximate surface area is 245 Å². The van der Waals surface area contributed by atoms with Crippen LogP contribution in [0, 0.1) is 0 Å². The predicted molar refractivity (Wildman–Crippen MR) is 155 cm³/mol. The number of halogens is 1. The summed E-state index contributed by atoms with van der Waals surface area (Å²) in [6, 6.07) is 26.7. The summed E-state index contributed by atoms with van der Waals surface area (Å²) in [6.07, 6.45) is 0.209. The molecule has 0 N–H and O–H groups in total.